The third kappa shape index (κ3) is 2.20. The molecule has 1 aliphatic heterocycles. The van der Waals surface area contributed by atoms with E-state index in [4.69, 9.17) is 0 Å². The predicted molar refractivity (Wildman–Crippen MR) is 58.9 cm³/mol. The van der Waals surface area contributed by atoms with E-state index in [1.165, 1.54) is 6.08 Å². The first-order valence-corrected chi connectivity index (χ1v) is 5.62. The molecule has 0 spiro atoms. The largest absolute Gasteiger partial charge is 0.397 e. The van der Waals surface area contributed by atoms with Crippen LogP contribution in [0.5, 0.6) is 0 Å². The van der Waals surface area contributed by atoms with Gasteiger partial charge in [0, 0.05) is 11.6 Å². The normalized spacial score (nSPS) is 26.9. The molecule has 1 aliphatic rings. The molecule has 0 radical (unpaired) electrons. The summed E-state index contributed by atoms with van der Waals surface area (Å²) >= 11 is 0. The van der Waals surface area contributed by atoms with E-state index >= 15 is 0 Å². The quantitative estimate of drug-likeness (QED) is 0.703. The summed E-state index contributed by atoms with van der Waals surface area (Å²) in [7, 11) is 0. The Bertz CT molecular complexity index is 278. The maximum Gasteiger partial charge on any atom is 0.397 e. The molecule has 0 fully saturated rings. The highest BCUT2D eigenvalue weighted by Gasteiger charge is 2.48. The molecule has 0 saturated heterocycles. The molecule has 0 aromatic carbocycles. The summed E-state index contributed by atoms with van der Waals surface area (Å²) in [5.74, 6) is -1.04. The van der Waals surface area contributed by atoms with Gasteiger partial charge < -0.3 is 4.90 Å². The predicted octanol–water partition coefficient (Wildman–Crippen LogP) is 3.82. The zero-order chi connectivity index (χ0) is 12.7. The highest BCUT2D eigenvalue weighted by atomic mass is 19.4. The Morgan fingerprint density at radius 1 is 1.19 bits per heavy atom. The lowest BCUT2D eigenvalue weighted by Crippen LogP contribution is -2.50. The standard InChI is InChI=1S/C12H20F3N/c1-8(2)11(4,5)16-7-6-10(9(16)3)12(13,14)15/h6-10H,1-5H3. The minimum absolute atomic E-state index is 0.254. The Kier molecular flexibility index (Phi) is 3.32. The molecule has 0 aromatic rings. The molecule has 0 saturated carbocycles. The lowest BCUT2D eigenvalue weighted by atomic mass is 9.87. The number of hydrogen-bond acceptors (Lipinski definition) is 1. The van der Waals surface area contributed by atoms with Crippen LogP contribution in [-0.2, 0) is 0 Å². The highest BCUT2D eigenvalue weighted by Crippen LogP contribution is 2.40. The van der Waals surface area contributed by atoms with Gasteiger partial charge in [-0.25, -0.2) is 0 Å². The van der Waals surface area contributed by atoms with E-state index in [9.17, 15) is 13.2 Å². The topological polar surface area (TPSA) is 3.24 Å². The monoisotopic (exact) mass is 235 g/mol. The number of hydrogen-bond donors (Lipinski definition) is 0. The molecule has 1 rings (SSSR count). The van der Waals surface area contributed by atoms with Crippen molar-refractivity contribution in [3.05, 3.63) is 12.3 Å². The minimum Gasteiger partial charge on any atom is -0.369 e. The average Bonchev–Trinajstić information content (AvgIpc) is 2.45. The fourth-order valence-corrected chi connectivity index (χ4v) is 2.05. The maximum atomic E-state index is 12.7. The van der Waals surface area contributed by atoms with E-state index in [1.54, 1.807) is 13.1 Å². The molecule has 0 aliphatic carbocycles. The van der Waals surface area contributed by atoms with Crippen molar-refractivity contribution >= 4 is 0 Å². The van der Waals surface area contributed by atoms with E-state index in [1.807, 2.05) is 32.6 Å². The van der Waals surface area contributed by atoms with Gasteiger partial charge in [-0.3, -0.25) is 0 Å². The number of alkyl halides is 3. The fourth-order valence-electron chi connectivity index (χ4n) is 2.05. The van der Waals surface area contributed by atoms with Crippen molar-refractivity contribution in [2.75, 3.05) is 0 Å². The third-order valence-electron chi connectivity index (χ3n) is 3.87. The molecule has 94 valence electrons. The lowest BCUT2D eigenvalue weighted by molar-refractivity contribution is -0.172. The second-order valence-electron chi connectivity index (χ2n) is 5.37. The molecular formula is C12H20F3N. The SMILES string of the molecule is CC1C(C(F)(F)F)C=CN1C(C)(C)C(C)C. The summed E-state index contributed by atoms with van der Waals surface area (Å²) in [6.07, 6.45) is -1.27. The third-order valence-corrected chi connectivity index (χ3v) is 3.87. The molecule has 0 N–H and O–H groups in total. The molecule has 4 heteroatoms. The molecule has 1 nitrogen and oxygen atoms in total. The van der Waals surface area contributed by atoms with Gasteiger partial charge in [0.1, 0.15) is 0 Å². The minimum atomic E-state index is -4.14. The Balaban J connectivity index is 2.88. The molecule has 0 aromatic heterocycles. The smallest absolute Gasteiger partial charge is 0.369 e. The van der Waals surface area contributed by atoms with Crippen LogP contribution in [0.15, 0.2) is 12.3 Å². The van der Waals surface area contributed by atoms with E-state index in [0.29, 0.717) is 5.92 Å². The first-order valence-electron chi connectivity index (χ1n) is 5.62. The van der Waals surface area contributed by atoms with Crippen molar-refractivity contribution in [3.8, 4) is 0 Å². The average molecular weight is 235 g/mol. The van der Waals surface area contributed by atoms with Gasteiger partial charge >= 0.3 is 6.18 Å². The Morgan fingerprint density at radius 2 is 1.69 bits per heavy atom. The summed E-state index contributed by atoms with van der Waals surface area (Å²) in [5, 5.41) is 0. The Hall–Kier alpha value is -0.670. The van der Waals surface area contributed by atoms with Crippen molar-refractivity contribution in [1.29, 1.82) is 0 Å². The van der Waals surface area contributed by atoms with E-state index in [-0.39, 0.29) is 5.54 Å². The van der Waals surface area contributed by atoms with Gasteiger partial charge in [0.15, 0.2) is 0 Å². The number of halogens is 3. The molecule has 0 amide bonds. The van der Waals surface area contributed by atoms with E-state index < -0.39 is 18.1 Å². The van der Waals surface area contributed by atoms with Gasteiger partial charge in [-0.2, -0.15) is 13.2 Å². The zero-order valence-corrected chi connectivity index (χ0v) is 10.5. The van der Waals surface area contributed by atoms with E-state index in [2.05, 4.69) is 0 Å². The molecule has 16 heavy (non-hydrogen) atoms. The van der Waals surface area contributed by atoms with Crippen molar-refractivity contribution in [2.24, 2.45) is 11.8 Å². The lowest BCUT2D eigenvalue weighted by Gasteiger charge is -2.44. The molecular weight excluding hydrogens is 215 g/mol. The van der Waals surface area contributed by atoms with Crippen LogP contribution in [0.2, 0.25) is 0 Å². The van der Waals surface area contributed by atoms with Gasteiger partial charge in [0.25, 0.3) is 0 Å². The first-order chi connectivity index (χ1) is 7.08. The van der Waals surface area contributed by atoms with Gasteiger partial charge in [0.05, 0.1) is 5.92 Å². The first kappa shape index (κ1) is 13.4. The molecule has 0 bridgehead atoms. The van der Waals surface area contributed by atoms with Crippen LogP contribution >= 0.6 is 0 Å². The summed E-state index contributed by atoms with van der Waals surface area (Å²) in [6, 6.07) is -0.516. The summed E-state index contributed by atoms with van der Waals surface area (Å²) in [6.45, 7) is 9.67. The molecule has 2 unspecified atom stereocenters. The van der Waals surface area contributed by atoms with Crippen LogP contribution in [0.3, 0.4) is 0 Å². The van der Waals surface area contributed by atoms with Crippen LogP contribution in [0.1, 0.15) is 34.6 Å². The second kappa shape index (κ2) is 3.97. The molecule has 2 atom stereocenters. The van der Waals surface area contributed by atoms with Crippen molar-refractivity contribution in [1.82, 2.24) is 4.90 Å². The Morgan fingerprint density at radius 3 is 2.00 bits per heavy atom. The number of nitrogens with zero attached hydrogens (tertiary/aromatic N) is 1. The maximum absolute atomic E-state index is 12.7. The summed E-state index contributed by atoms with van der Waals surface area (Å²) < 4.78 is 38.1. The zero-order valence-electron chi connectivity index (χ0n) is 10.5. The van der Waals surface area contributed by atoms with Crippen LogP contribution in [-0.4, -0.2) is 22.7 Å². The van der Waals surface area contributed by atoms with Crippen molar-refractivity contribution in [2.45, 2.75) is 52.4 Å². The Labute approximate surface area is 95.3 Å². The fraction of sp³-hybridized carbons (Fsp3) is 0.833. The number of rotatable bonds is 2. The van der Waals surface area contributed by atoms with Gasteiger partial charge in [-0.15, -0.1) is 0 Å². The van der Waals surface area contributed by atoms with Crippen LogP contribution in [0.4, 0.5) is 13.2 Å². The van der Waals surface area contributed by atoms with Crippen LogP contribution in [0, 0.1) is 11.8 Å². The van der Waals surface area contributed by atoms with E-state index in [0.717, 1.165) is 0 Å². The highest BCUT2D eigenvalue weighted by molar-refractivity contribution is 5.10. The van der Waals surface area contributed by atoms with Crippen molar-refractivity contribution < 1.29 is 13.2 Å². The van der Waals surface area contributed by atoms with Gasteiger partial charge in [-0.05, 0) is 32.9 Å². The van der Waals surface area contributed by atoms with Crippen molar-refractivity contribution in [3.63, 3.8) is 0 Å². The van der Waals surface area contributed by atoms with Gasteiger partial charge in [-0.1, -0.05) is 19.9 Å². The molecule has 1 heterocycles. The van der Waals surface area contributed by atoms with Gasteiger partial charge in [0.2, 0.25) is 0 Å². The second-order valence-corrected chi connectivity index (χ2v) is 5.37. The van der Waals surface area contributed by atoms with Crippen LogP contribution in [0.25, 0.3) is 0 Å². The van der Waals surface area contributed by atoms with Crippen LogP contribution < -0.4 is 0 Å². The summed E-state index contributed by atoms with van der Waals surface area (Å²) in [5.41, 5.74) is -0.254. The summed E-state index contributed by atoms with van der Waals surface area (Å²) in [4.78, 5) is 1.83.